The highest BCUT2D eigenvalue weighted by Crippen LogP contribution is 2.15. The Morgan fingerprint density at radius 2 is 1.55 bits per heavy atom. The van der Waals surface area contributed by atoms with Gasteiger partial charge in [-0.15, -0.1) is 22.7 Å². The summed E-state index contributed by atoms with van der Waals surface area (Å²) in [6, 6.07) is 7.12. The van der Waals surface area contributed by atoms with Crippen molar-refractivity contribution in [2.75, 3.05) is 6.61 Å². The molecule has 0 atom stereocenters. The number of hydrogen-bond donors (Lipinski definition) is 1. The van der Waals surface area contributed by atoms with Gasteiger partial charge < -0.3 is 9.84 Å². The zero-order valence-electron chi connectivity index (χ0n) is 11.5. The van der Waals surface area contributed by atoms with Crippen LogP contribution < -0.4 is 0 Å². The van der Waals surface area contributed by atoms with E-state index in [0.29, 0.717) is 16.4 Å². The molecule has 0 aliphatic heterocycles. The van der Waals surface area contributed by atoms with Gasteiger partial charge in [0.25, 0.3) is 0 Å². The maximum absolute atomic E-state index is 11.0. The Morgan fingerprint density at radius 3 is 1.85 bits per heavy atom. The number of carboxylic acid groups (broad SMARTS) is 1. The van der Waals surface area contributed by atoms with Crippen molar-refractivity contribution in [1.29, 1.82) is 0 Å². The molecule has 0 amide bonds. The molecule has 108 valence electrons. The van der Waals surface area contributed by atoms with Gasteiger partial charge in [0.1, 0.15) is 9.75 Å². The average molecular weight is 312 g/mol. The zero-order valence-corrected chi connectivity index (χ0v) is 13.1. The van der Waals surface area contributed by atoms with Crippen LogP contribution in [0.15, 0.2) is 24.3 Å². The Hall–Kier alpha value is -1.66. The van der Waals surface area contributed by atoms with Gasteiger partial charge in [-0.2, -0.15) is 0 Å². The summed E-state index contributed by atoms with van der Waals surface area (Å²) in [7, 11) is 0. The fourth-order valence-corrected chi connectivity index (χ4v) is 2.76. The first-order valence-corrected chi connectivity index (χ1v) is 7.60. The fourth-order valence-electron chi connectivity index (χ4n) is 1.30. The number of rotatable bonds is 3. The lowest BCUT2D eigenvalue weighted by Gasteiger charge is -1.95. The van der Waals surface area contributed by atoms with Crippen LogP contribution in [0, 0.1) is 13.8 Å². The summed E-state index contributed by atoms with van der Waals surface area (Å²) in [5, 5.41) is 8.41. The number of carbonyl (C=O) groups is 2. The number of esters is 1. The van der Waals surface area contributed by atoms with E-state index in [0.717, 1.165) is 9.75 Å². The van der Waals surface area contributed by atoms with E-state index in [-0.39, 0.29) is 5.97 Å². The van der Waals surface area contributed by atoms with Gasteiger partial charge in [0.15, 0.2) is 0 Å². The molecule has 2 aromatic heterocycles. The lowest BCUT2D eigenvalue weighted by atomic mass is 10.4. The highest BCUT2D eigenvalue weighted by Gasteiger charge is 2.07. The molecule has 0 aliphatic rings. The van der Waals surface area contributed by atoms with Gasteiger partial charge in [0, 0.05) is 9.75 Å². The second kappa shape index (κ2) is 7.81. The van der Waals surface area contributed by atoms with E-state index >= 15 is 0 Å². The van der Waals surface area contributed by atoms with Crippen molar-refractivity contribution in [3.8, 4) is 0 Å². The minimum Gasteiger partial charge on any atom is -0.477 e. The summed E-state index contributed by atoms with van der Waals surface area (Å²) >= 11 is 2.76. The number of carbonyl (C=O) groups excluding carboxylic acids is 1. The minimum absolute atomic E-state index is 0.217. The molecule has 0 saturated heterocycles. The van der Waals surface area contributed by atoms with Crippen LogP contribution in [-0.4, -0.2) is 23.7 Å². The van der Waals surface area contributed by atoms with Gasteiger partial charge in [-0.25, -0.2) is 9.59 Å². The van der Waals surface area contributed by atoms with Crippen molar-refractivity contribution in [2.45, 2.75) is 20.8 Å². The Balaban J connectivity index is 0.000000204. The summed E-state index contributed by atoms with van der Waals surface area (Å²) < 4.78 is 4.81. The first-order chi connectivity index (χ1) is 9.43. The van der Waals surface area contributed by atoms with Gasteiger partial charge in [-0.3, -0.25) is 0 Å². The molecule has 0 aliphatic carbocycles. The Morgan fingerprint density at radius 1 is 1.05 bits per heavy atom. The molecular weight excluding hydrogens is 296 g/mol. The Kier molecular flexibility index (Phi) is 6.41. The molecule has 0 radical (unpaired) electrons. The number of carboxylic acids is 1. The van der Waals surface area contributed by atoms with Crippen LogP contribution in [0.3, 0.4) is 0 Å². The smallest absolute Gasteiger partial charge is 0.348 e. The highest BCUT2D eigenvalue weighted by atomic mass is 32.1. The molecule has 0 saturated carbocycles. The molecule has 2 heterocycles. The van der Waals surface area contributed by atoms with Crippen LogP contribution in [0.1, 0.15) is 36.0 Å². The maximum atomic E-state index is 11.0. The van der Waals surface area contributed by atoms with Crippen molar-refractivity contribution in [3.63, 3.8) is 0 Å². The first kappa shape index (κ1) is 16.4. The van der Waals surface area contributed by atoms with Crippen molar-refractivity contribution in [3.05, 3.63) is 43.8 Å². The van der Waals surface area contributed by atoms with Crippen LogP contribution >= 0.6 is 22.7 Å². The molecule has 0 fully saturated rings. The van der Waals surface area contributed by atoms with Gasteiger partial charge in [0.05, 0.1) is 6.61 Å². The van der Waals surface area contributed by atoms with Gasteiger partial charge >= 0.3 is 11.9 Å². The predicted octanol–water partition coefficient (Wildman–Crippen LogP) is 3.99. The number of ether oxygens (including phenoxy) is 1. The summed E-state index contributed by atoms with van der Waals surface area (Å²) in [6.45, 7) is 6.10. The van der Waals surface area contributed by atoms with E-state index < -0.39 is 5.97 Å². The van der Waals surface area contributed by atoms with Crippen LogP contribution in [0.2, 0.25) is 0 Å². The second-order valence-corrected chi connectivity index (χ2v) is 6.42. The van der Waals surface area contributed by atoms with Gasteiger partial charge in [-0.1, -0.05) is 0 Å². The van der Waals surface area contributed by atoms with E-state index in [1.807, 2.05) is 19.9 Å². The van der Waals surface area contributed by atoms with Crippen LogP contribution in [-0.2, 0) is 4.74 Å². The largest absolute Gasteiger partial charge is 0.477 e. The summed E-state index contributed by atoms with van der Waals surface area (Å²) in [4.78, 5) is 24.5. The monoisotopic (exact) mass is 312 g/mol. The maximum Gasteiger partial charge on any atom is 0.348 e. The first-order valence-electron chi connectivity index (χ1n) is 5.97. The molecule has 2 aromatic rings. The Bertz CT molecular complexity index is 584. The molecule has 20 heavy (non-hydrogen) atoms. The van der Waals surface area contributed by atoms with Crippen LogP contribution in [0.25, 0.3) is 0 Å². The third-order valence-electron chi connectivity index (χ3n) is 2.17. The lowest BCUT2D eigenvalue weighted by Crippen LogP contribution is -2.01. The van der Waals surface area contributed by atoms with Gasteiger partial charge in [0.2, 0.25) is 0 Å². The SMILES string of the molecule is CCOC(=O)c1ccc(C)s1.Cc1ccc(C(=O)O)s1. The van der Waals surface area contributed by atoms with E-state index in [1.54, 1.807) is 25.1 Å². The van der Waals surface area contributed by atoms with Crippen molar-refractivity contribution >= 4 is 34.6 Å². The fraction of sp³-hybridized carbons (Fsp3) is 0.286. The average Bonchev–Trinajstić information content (AvgIpc) is 2.99. The molecule has 1 N–H and O–H groups in total. The van der Waals surface area contributed by atoms with Crippen LogP contribution in [0.5, 0.6) is 0 Å². The molecule has 0 spiro atoms. The molecule has 0 unspecified atom stereocenters. The molecule has 4 nitrogen and oxygen atoms in total. The van der Waals surface area contributed by atoms with Crippen molar-refractivity contribution in [1.82, 2.24) is 0 Å². The van der Waals surface area contributed by atoms with Crippen molar-refractivity contribution < 1.29 is 19.4 Å². The third-order valence-corrected chi connectivity index (χ3v) is 4.14. The standard InChI is InChI=1S/C8H10O2S.C6H6O2S/c1-3-10-8(9)7-5-4-6(2)11-7;1-4-2-3-5(9-4)6(7)8/h4-5H,3H2,1-2H3;2-3H,1H3,(H,7,8). The quantitative estimate of drug-likeness (QED) is 0.870. The summed E-state index contributed by atoms with van der Waals surface area (Å²) in [6.07, 6.45) is 0. The molecule has 0 bridgehead atoms. The summed E-state index contributed by atoms with van der Waals surface area (Å²) in [5.74, 6) is -1.06. The van der Waals surface area contributed by atoms with E-state index in [2.05, 4.69) is 0 Å². The molecule has 2 rings (SSSR count). The Labute approximate surface area is 125 Å². The zero-order chi connectivity index (χ0) is 15.1. The topological polar surface area (TPSA) is 63.6 Å². The number of aromatic carboxylic acids is 1. The number of aryl methyl sites for hydroxylation is 2. The molecular formula is C14H16O4S2. The van der Waals surface area contributed by atoms with E-state index in [1.165, 1.54) is 22.7 Å². The highest BCUT2D eigenvalue weighted by molar-refractivity contribution is 7.14. The van der Waals surface area contributed by atoms with Crippen molar-refractivity contribution in [2.24, 2.45) is 0 Å². The number of hydrogen-bond acceptors (Lipinski definition) is 5. The number of thiophene rings is 2. The lowest BCUT2D eigenvalue weighted by molar-refractivity contribution is 0.0531. The second-order valence-electron chi connectivity index (χ2n) is 3.85. The van der Waals surface area contributed by atoms with E-state index in [4.69, 9.17) is 9.84 Å². The summed E-state index contributed by atoms with van der Waals surface area (Å²) in [5.41, 5.74) is 0. The normalized spacial score (nSPS) is 9.55. The third kappa shape index (κ3) is 5.14. The minimum atomic E-state index is -0.840. The van der Waals surface area contributed by atoms with E-state index in [9.17, 15) is 9.59 Å². The molecule has 6 heteroatoms. The van der Waals surface area contributed by atoms with Gasteiger partial charge in [-0.05, 0) is 45.0 Å². The predicted molar refractivity (Wildman–Crippen MR) is 81.0 cm³/mol. The van der Waals surface area contributed by atoms with Crippen LogP contribution in [0.4, 0.5) is 0 Å². The molecule has 0 aromatic carbocycles.